The molecular formula is C17H22FNO5. The summed E-state index contributed by atoms with van der Waals surface area (Å²) >= 11 is 0. The first kappa shape index (κ1) is 18.0. The fourth-order valence-corrected chi connectivity index (χ4v) is 2.96. The maximum absolute atomic E-state index is 14.1. The number of carbonyl (C=O) groups is 2. The lowest BCUT2D eigenvalue weighted by molar-refractivity contribution is -0.154. The topological polar surface area (TPSA) is 87.8 Å². The van der Waals surface area contributed by atoms with E-state index in [2.05, 4.69) is 0 Å². The van der Waals surface area contributed by atoms with Crippen LogP contribution in [0.5, 0.6) is 11.5 Å². The molecule has 1 amide bonds. The molecule has 24 heavy (non-hydrogen) atoms. The van der Waals surface area contributed by atoms with Gasteiger partial charge in [-0.15, -0.1) is 0 Å². The molecule has 132 valence electrons. The Morgan fingerprint density at radius 1 is 1.21 bits per heavy atom. The molecule has 0 unspecified atom stereocenters. The van der Waals surface area contributed by atoms with Gasteiger partial charge >= 0.3 is 5.97 Å². The summed E-state index contributed by atoms with van der Waals surface area (Å²) < 4.78 is 29.6. The van der Waals surface area contributed by atoms with Crippen molar-refractivity contribution in [3.05, 3.63) is 23.5 Å². The lowest BCUT2D eigenvalue weighted by Crippen LogP contribution is -2.37. The fourth-order valence-electron chi connectivity index (χ4n) is 2.96. The molecule has 0 spiro atoms. The van der Waals surface area contributed by atoms with Gasteiger partial charge in [0.25, 0.3) is 5.91 Å². The van der Waals surface area contributed by atoms with Crippen LogP contribution in [0.15, 0.2) is 12.1 Å². The van der Waals surface area contributed by atoms with Gasteiger partial charge in [0.1, 0.15) is 5.75 Å². The number of nitrogens with two attached hydrogens (primary N) is 1. The summed E-state index contributed by atoms with van der Waals surface area (Å²) in [6, 6.07) is 2.33. The molecule has 1 aliphatic rings. The molecule has 6 nitrogen and oxygen atoms in total. The highest BCUT2D eigenvalue weighted by Gasteiger charge is 2.39. The first-order chi connectivity index (χ1) is 11.3. The van der Waals surface area contributed by atoms with E-state index < -0.39 is 17.1 Å². The molecule has 1 fully saturated rings. The Morgan fingerprint density at radius 2 is 1.83 bits per heavy atom. The maximum atomic E-state index is 14.1. The second-order valence-corrected chi connectivity index (χ2v) is 6.22. The second kappa shape index (κ2) is 7.07. The molecule has 0 atom stereocenters. The highest BCUT2D eigenvalue weighted by molar-refractivity contribution is 5.96. The number of rotatable bonds is 5. The van der Waals surface area contributed by atoms with Gasteiger partial charge in [-0.1, -0.05) is 0 Å². The van der Waals surface area contributed by atoms with Gasteiger partial charge in [0, 0.05) is 6.07 Å². The lowest BCUT2D eigenvalue weighted by Gasteiger charge is -2.35. The Bertz CT molecular complexity index is 638. The third-order valence-electron chi connectivity index (χ3n) is 4.53. The summed E-state index contributed by atoms with van der Waals surface area (Å²) in [5.41, 5.74) is 4.80. The quantitative estimate of drug-likeness (QED) is 0.833. The lowest BCUT2D eigenvalue weighted by atomic mass is 9.75. The molecule has 0 heterocycles. The number of ether oxygens (including phenoxy) is 3. The molecule has 0 saturated heterocycles. The highest BCUT2D eigenvalue weighted by Crippen LogP contribution is 2.39. The van der Waals surface area contributed by atoms with E-state index in [1.165, 1.54) is 20.3 Å². The van der Waals surface area contributed by atoms with Crippen molar-refractivity contribution in [3.8, 4) is 11.5 Å². The van der Waals surface area contributed by atoms with Crippen molar-refractivity contribution >= 4 is 11.9 Å². The molecule has 1 aliphatic carbocycles. The fraction of sp³-hybridized carbons (Fsp3) is 0.529. The van der Waals surface area contributed by atoms with Crippen molar-refractivity contribution in [1.29, 1.82) is 0 Å². The Morgan fingerprint density at radius 3 is 2.33 bits per heavy atom. The Labute approximate surface area is 140 Å². The van der Waals surface area contributed by atoms with Crippen LogP contribution in [0.1, 0.15) is 43.0 Å². The number of primary amides is 1. The third kappa shape index (κ3) is 3.60. The van der Waals surface area contributed by atoms with E-state index in [0.29, 0.717) is 25.7 Å². The number of esters is 1. The van der Waals surface area contributed by atoms with Crippen LogP contribution < -0.4 is 15.2 Å². The number of hydrogen-bond acceptors (Lipinski definition) is 5. The summed E-state index contributed by atoms with van der Waals surface area (Å²) in [6.07, 6.45) is 2.10. The maximum Gasteiger partial charge on any atom is 0.311 e. The summed E-state index contributed by atoms with van der Waals surface area (Å²) in [4.78, 5) is 23.3. The third-order valence-corrected chi connectivity index (χ3v) is 4.53. The Kier molecular flexibility index (Phi) is 5.31. The van der Waals surface area contributed by atoms with Crippen molar-refractivity contribution in [3.63, 3.8) is 0 Å². The number of hydrogen-bond donors (Lipinski definition) is 1. The van der Waals surface area contributed by atoms with Crippen molar-refractivity contribution < 1.29 is 28.2 Å². The van der Waals surface area contributed by atoms with Crippen LogP contribution in [0.4, 0.5) is 4.39 Å². The molecule has 7 heteroatoms. The van der Waals surface area contributed by atoms with Gasteiger partial charge in [-0.25, -0.2) is 4.39 Å². The molecule has 0 aromatic heterocycles. The van der Waals surface area contributed by atoms with E-state index in [9.17, 15) is 14.0 Å². The van der Waals surface area contributed by atoms with Crippen LogP contribution in [0.3, 0.4) is 0 Å². The largest absolute Gasteiger partial charge is 0.496 e. The number of methoxy groups -OCH3 is 2. The zero-order valence-electron chi connectivity index (χ0n) is 14.1. The first-order valence-corrected chi connectivity index (χ1v) is 7.73. The van der Waals surface area contributed by atoms with Crippen LogP contribution in [0, 0.1) is 11.2 Å². The highest BCUT2D eigenvalue weighted by atomic mass is 19.1. The van der Waals surface area contributed by atoms with Crippen molar-refractivity contribution in [2.75, 3.05) is 14.2 Å². The molecule has 0 radical (unpaired) electrons. The minimum absolute atomic E-state index is 0.0451. The van der Waals surface area contributed by atoms with Gasteiger partial charge in [0.15, 0.2) is 11.6 Å². The molecule has 0 aliphatic heterocycles. The van der Waals surface area contributed by atoms with E-state index in [4.69, 9.17) is 19.9 Å². The molecule has 1 aromatic carbocycles. The van der Waals surface area contributed by atoms with E-state index in [1.54, 1.807) is 0 Å². The van der Waals surface area contributed by atoms with Crippen LogP contribution in [-0.2, 0) is 9.53 Å². The first-order valence-electron chi connectivity index (χ1n) is 7.73. The average Bonchev–Trinajstić information content (AvgIpc) is 2.57. The predicted octanol–water partition coefficient (Wildman–Crippen LogP) is 2.43. The smallest absolute Gasteiger partial charge is 0.311 e. The van der Waals surface area contributed by atoms with Gasteiger partial charge < -0.3 is 19.9 Å². The number of amides is 1. The SMILES string of the molecule is COc1cc(F)c(O[C@H]2CC[C@@](C)(C(=O)OC)CC2)cc1C(N)=O. The Balaban J connectivity index is 2.11. The number of halogens is 1. The zero-order chi connectivity index (χ0) is 17.9. The summed E-state index contributed by atoms with van der Waals surface area (Å²) in [5, 5.41) is 0. The van der Waals surface area contributed by atoms with Crippen LogP contribution in [0.2, 0.25) is 0 Å². The van der Waals surface area contributed by atoms with Gasteiger partial charge in [0.05, 0.1) is 31.3 Å². The average molecular weight is 339 g/mol. The van der Waals surface area contributed by atoms with Crippen LogP contribution in [0.25, 0.3) is 0 Å². The molecule has 1 saturated carbocycles. The number of carbonyl (C=O) groups excluding carboxylic acids is 2. The standard InChI is InChI=1S/C17H22FNO5/c1-17(16(21)23-3)6-4-10(5-7-17)24-14-8-11(15(19)20)13(22-2)9-12(14)18/h8-10H,4-7H2,1-3H3,(H2,19,20)/t10-,17+. The molecular weight excluding hydrogens is 317 g/mol. The zero-order valence-corrected chi connectivity index (χ0v) is 14.1. The van der Waals surface area contributed by atoms with Crippen molar-refractivity contribution in [2.24, 2.45) is 11.1 Å². The number of benzene rings is 1. The summed E-state index contributed by atoms with van der Waals surface area (Å²) in [5.74, 6) is -1.57. The molecule has 2 N–H and O–H groups in total. The molecule has 2 rings (SSSR count). The van der Waals surface area contributed by atoms with Crippen LogP contribution in [-0.4, -0.2) is 32.2 Å². The van der Waals surface area contributed by atoms with Crippen LogP contribution >= 0.6 is 0 Å². The van der Waals surface area contributed by atoms with Crippen molar-refractivity contribution in [1.82, 2.24) is 0 Å². The van der Waals surface area contributed by atoms with Gasteiger partial charge in [-0.2, -0.15) is 0 Å². The summed E-state index contributed by atoms with van der Waals surface area (Å²) in [6.45, 7) is 1.86. The van der Waals surface area contributed by atoms with E-state index in [-0.39, 0.29) is 29.1 Å². The second-order valence-electron chi connectivity index (χ2n) is 6.22. The van der Waals surface area contributed by atoms with E-state index >= 15 is 0 Å². The molecule has 0 bridgehead atoms. The van der Waals surface area contributed by atoms with Gasteiger partial charge in [-0.3, -0.25) is 9.59 Å². The minimum Gasteiger partial charge on any atom is -0.496 e. The van der Waals surface area contributed by atoms with E-state index in [1.807, 2.05) is 6.92 Å². The van der Waals surface area contributed by atoms with E-state index in [0.717, 1.165) is 6.07 Å². The minimum atomic E-state index is -0.724. The van der Waals surface area contributed by atoms with Gasteiger partial charge in [-0.05, 0) is 38.7 Å². The van der Waals surface area contributed by atoms with Crippen molar-refractivity contribution in [2.45, 2.75) is 38.7 Å². The summed E-state index contributed by atoms with van der Waals surface area (Å²) in [7, 11) is 2.70. The predicted molar refractivity (Wildman–Crippen MR) is 84.5 cm³/mol. The monoisotopic (exact) mass is 339 g/mol. The van der Waals surface area contributed by atoms with Gasteiger partial charge in [0.2, 0.25) is 0 Å². The Hall–Kier alpha value is -2.31. The normalized spacial score (nSPS) is 23.4. The molecule has 1 aromatic rings.